The van der Waals surface area contributed by atoms with Crippen LogP contribution in [-0.4, -0.2) is 29.1 Å². The first-order chi connectivity index (χ1) is 12.5. The van der Waals surface area contributed by atoms with Crippen molar-refractivity contribution < 1.29 is 19.4 Å². The molecule has 2 aromatic carbocycles. The summed E-state index contributed by atoms with van der Waals surface area (Å²) in [4.78, 5) is 29.6. The van der Waals surface area contributed by atoms with Crippen LogP contribution in [0.5, 0.6) is 5.75 Å². The number of hydrogen-bond acceptors (Lipinski definition) is 6. The quantitative estimate of drug-likeness (QED) is 0.663. The van der Waals surface area contributed by atoms with Crippen molar-refractivity contribution in [3.05, 3.63) is 65.0 Å². The Morgan fingerprint density at radius 3 is 2.35 bits per heavy atom. The molecule has 0 unspecified atom stereocenters. The molecule has 0 bridgehead atoms. The number of rotatable bonds is 5. The number of nitrogens with two attached hydrogens (primary N) is 1. The standard InChI is InChI=1S/C18H15N3O4S/c1-25-13-9-7-12(8-10-13)21(18(23)24)17-20-16(19)15(26-17)14(22)11-5-3-2-4-6-11/h2-10H,19H2,1H3,(H,23,24). The third kappa shape index (κ3) is 3.35. The maximum Gasteiger partial charge on any atom is 0.418 e. The highest BCUT2D eigenvalue weighted by atomic mass is 32.1. The molecule has 0 fully saturated rings. The number of ether oxygens (including phenoxy) is 1. The average Bonchev–Trinajstić information content (AvgIpc) is 3.03. The number of carbonyl (C=O) groups excluding carboxylic acids is 1. The SMILES string of the molecule is COc1ccc(N(C(=O)O)c2nc(N)c(C(=O)c3ccccc3)s2)cc1. The minimum atomic E-state index is -1.23. The summed E-state index contributed by atoms with van der Waals surface area (Å²) in [6.07, 6.45) is -1.23. The Kier molecular flexibility index (Phi) is 4.85. The molecular weight excluding hydrogens is 354 g/mol. The molecule has 0 spiro atoms. The zero-order valence-corrected chi connectivity index (χ0v) is 14.6. The van der Waals surface area contributed by atoms with Crippen molar-refractivity contribution in [1.82, 2.24) is 4.98 Å². The zero-order valence-electron chi connectivity index (χ0n) is 13.7. The number of hydrogen-bond donors (Lipinski definition) is 2. The summed E-state index contributed by atoms with van der Waals surface area (Å²) in [6, 6.07) is 15.1. The lowest BCUT2D eigenvalue weighted by Crippen LogP contribution is -2.23. The van der Waals surface area contributed by atoms with Crippen LogP contribution in [0.1, 0.15) is 15.2 Å². The predicted octanol–water partition coefficient (Wildman–Crippen LogP) is 3.78. The van der Waals surface area contributed by atoms with Gasteiger partial charge in [-0.3, -0.25) is 4.79 Å². The number of carbonyl (C=O) groups is 2. The third-order valence-electron chi connectivity index (χ3n) is 3.60. The molecule has 7 nitrogen and oxygen atoms in total. The number of thiazole rings is 1. The fourth-order valence-corrected chi connectivity index (χ4v) is 3.30. The number of anilines is 3. The number of methoxy groups -OCH3 is 1. The highest BCUT2D eigenvalue weighted by Crippen LogP contribution is 2.35. The van der Waals surface area contributed by atoms with Crippen LogP contribution in [0.3, 0.4) is 0 Å². The molecular formula is C18H15N3O4S. The lowest BCUT2D eigenvalue weighted by atomic mass is 10.1. The van der Waals surface area contributed by atoms with Gasteiger partial charge in [-0.2, -0.15) is 0 Å². The maximum atomic E-state index is 12.6. The number of benzene rings is 2. The van der Waals surface area contributed by atoms with Gasteiger partial charge in [-0.1, -0.05) is 41.7 Å². The summed E-state index contributed by atoms with van der Waals surface area (Å²) in [6.45, 7) is 0. The maximum absolute atomic E-state index is 12.6. The van der Waals surface area contributed by atoms with Crippen LogP contribution in [0.4, 0.5) is 21.4 Å². The van der Waals surface area contributed by atoms with E-state index in [0.29, 0.717) is 17.0 Å². The first-order valence-corrected chi connectivity index (χ1v) is 8.36. The fourth-order valence-electron chi connectivity index (χ4n) is 2.33. The van der Waals surface area contributed by atoms with E-state index in [0.717, 1.165) is 16.2 Å². The number of nitrogens with zero attached hydrogens (tertiary/aromatic N) is 2. The van der Waals surface area contributed by atoms with E-state index in [1.54, 1.807) is 54.6 Å². The molecule has 0 aliphatic carbocycles. The van der Waals surface area contributed by atoms with Crippen molar-refractivity contribution in [3.8, 4) is 5.75 Å². The van der Waals surface area contributed by atoms with Crippen LogP contribution in [0, 0.1) is 0 Å². The van der Waals surface area contributed by atoms with Gasteiger partial charge in [0.2, 0.25) is 10.9 Å². The van der Waals surface area contributed by atoms with Crippen molar-refractivity contribution in [2.24, 2.45) is 0 Å². The van der Waals surface area contributed by atoms with Crippen molar-refractivity contribution in [2.75, 3.05) is 17.7 Å². The van der Waals surface area contributed by atoms with E-state index in [9.17, 15) is 14.7 Å². The molecule has 8 heteroatoms. The van der Waals surface area contributed by atoms with Crippen molar-refractivity contribution in [1.29, 1.82) is 0 Å². The van der Waals surface area contributed by atoms with Gasteiger partial charge in [0.15, 0.2) is 0 Å². The molecule has 1 amide bonds. The van der Waals surface area contributed by atoms with Gasteiger partial charge in [-0.15, -0.1) is 0 Å². The number of amides is 1. The van der Waals surface area contributed by atoms with Crippen LogP contribution in [0.2, 0.25) is 0 Å². The van der Waals surface area contributed by atoms with Gasteiger partial charge >= 0.3 is 6.09 Å². The number of aromatic nitrogens is 1. The molecule has 0 radical (unpaired) electrons. The van der Waals surface area contributed by atoms with Crippen LogP contribution >= 0.6 is 11.3 Å². The lowest BCUT2D eigenvalue weighted by molar-refractivity contribution is 0.104. The first kappa shape index (κ1) is 17.4. The molecule has 1 aromatic heterocycles. The number of carboxylic acid groups (broad SMARTS) is 1. The smallest absolute Gasteiger partial charge is 0.418 e. The minimum absolute atomic E-state index is 0.00128. The Bertz CT molecular complexity index is 939. The number of ketones is 1. The highest BCUT2D eigenvalue weighted by molar-refractivity contribution is 7.18. The summed E-state index contributed by atoms with van der Waals surface area (Å²) in [7, 11) is 1.52. The molecule has 0 saturated carbocycles. The van der Waals surface area contributed by atoms with Crippen molar-refractivity contribution in [2.45, 2.75) is 0 Å². The van der Waals surface area contributed by atoms with Crippen LogP contribution in [0.25, 0.3) is 0 Å². The molecule has 3 aromatic rings. The Labute approximate surface area is 153 Å². The lowest BCUT2D eigenvalue weighted by Gasteiger charge is -2.16. The predicted molar refractivity (Wildman–Crippen MR) is 99.6 cm³/mol. The van der Waals surface area contributed by atoms with Gasteiger partial charge in [0.05, 0.1) is 12.8 Å². The van der Waals surface area contributed by atoms with E-state index in [4.69, 9.17) is 10.5 Å². The topological polar surface area (TPSA) is 106 Å². The monoisotopic (exact) mass is 369 g/mol. The molecule has 0 aliphatic rings. The van der Waals surface area contributed by atoms with Gasteiger partial charge in [0.25, 0.3) is 0 Å². The van der Waals surface area contributed by atoms with E-state index >= 15 is 0 Å². The molecule has 0 saturated heterocycles. The van der Waals surface area contributed by atoms with Gasteiger partial charge < -0.3 is 15.6 Å². The first-order valence-electron chi connectivity index (χ1n) is 7.54. The van der Waals surface area contributed by atoms with Crippen molar-refractivity contribution in [3.63, 3.8) is 0 Å². The summed E-state index contributed by atoms with van der Waals surface area (Å²) >= 11 is 0.932. The van der Waals surface area contributed by atoms with Gasteiger partial charge in [-0.05, 0) is 24.3 Å². The molecule has 3 N–H and O–H groups in total. The van der Waals surface area contributed by atoms with E-state index in [1.165, 1.54) is 7.11 Å². The largest absolute Gasteiger partial charge is 0.497 e. The molecule has 26 heavy (non-hydrogen) atoms. The van der Waals surface area contributed by atoms with E-state index in [2.05, 4.69) is 4.98 Å². The normalized spacial score (nSPS) is 10.3. The molecule has 132 valence electrons. The Balaban J connectivity index is 1.99. The van der Waals surface area contributed by atoms with Gasteiger partial charge in [0, 0.05) is 5.56 Å². The third-order valence-corrected chi connectivity index (χ3v) is 4.65. The Morgan fingerprint density at radius 2 is 1.77 bits per heavy atom. The molecule has 0 aliphatic heterocycles. The van der Waals surface area contributed by atoms with Crippen LogP contribution < -0.4 is 15.4 Å². The second-order valence-corrected chi connectivity index (χ2v) is 6.20. The van der Waals surface area contributed by atoms with Gasteiger partial charge in [0.1, 0.15) is 16.4 Å². The summed E-state index contributed by atoms with van der Waals surface area (Å²) in [5.74, 6) is 0.295. The molecule has 3 rings (SSSR count). The summed E-state index contributed by atoms with van der Waals surface area (Å²) in [5.41, 5.74) is 6.71. The molecule has 1 heterocycles. The van der Waals surface area contributed by atoms with Crippen LogP contribution in [-0.2, 0) is 0 Å². The summed E-state index contributed by atoms with van der Waals surface area (Å²) in [5, 5.41) is 9.69. The number of nitrogen functional groups attached to an aromatic ring is 1. The van der Waals surface area contributed by atoms with Gasteiger partial charge in [-0.25, -0.2) is 14.7 Å². The van der Waals surface area contributed by atoms with E-state index < -0.39 is 6.09 Å². The van der Waals surface area contributed by atoms with Crippen molar-refractivity contribution >= 4 is 39.9 Å². The summed E-state index contributed by atoms with van der Waals surface area (Å²) < 4.78 is 5.08. The van der Waals surface area contributed by atoms with E-state index in [1.807, 2.05) is 0 Å². The average molecular weight is 369 g/mol. The van der Waals surface area contributed by atoms with Crippen LogP contribution in [0.15, 0.2) is 54.6 Å². The highest BCUT2D eigenvalue weighted by Gasteiger charge is 2.25. The Hall–Kier alpha value is -3.39. The zero-order chi connectivity index (χ0) is 18.7. The fraction of sp³-hybridized carbons (Fsp3) is 0.0556. The second-order valence-electron chi connectivity index (χ2n) is 5.22. The van der Waals surface area contributed by atoms with E-state index in [-0.39, 0.29) is 21.6 Å². The second kappa shape index (κ2) is 7.24. The minimum Gasteiger partial charge on any atom is -0.497 e. The molecule has 0 atom stereocenters. The Morgan fingerprint density at radius 1 is 1.12 bits per heavy atom.